The summed E-state index contributed by atoms with van der Waals surface area (Å²) in [5.74, 6) is 0.562. The average Bonchev–Trinajstić information content (AvgIpc) is 2.74. The molecular formula is C23H27N3O3. The number of Topliss-reactive ketones (excluding diaryl/α,β-unsaturated/α-hetero) is 1. The van der Waals surface area contributed by atoms with E-state index in [0.29, 0.717) is 31.1 Å². The van der Waals surface area contributed by atoms with Gasteiger partial charge >= 0.3 is 5.97 Å². The Morgan fingerprint density at radius 1 is 1.28 bits per heavy atom. The number of ketones is 1. The third-order valence-electron chi connectivity index (χ3n) is 5.98. The monoisotopic (exact) mass is 393 g/mol. The van der Waals surface area contributed by atoms with E-state index in [-0.39, 0.29) is 23.6 Å². The van der Waals surface area contributed by atoms with Crippen molar-refractivity contribution in [1.29, 1.82) is 0 Å². The van der Waals surface area contributed by atoms with Crippen LogP contribution < -0.4 is 4.90 Å². The van der Waals surface area contributed by atoms with Crippen LogP contribution in [0.25, 0.3) is 0 Å². The fourth-order valence-electron chi connectivity index (χ4n) is 4.46. The van der Waals surface area contributed by atoms with Crippen molar-refractivity contribution in [3.8, 4) is 0 Å². The molecule has 6 nitrogen and oxygen atoms in total. The highest BCUT2D eigenvalue weighted by Crippen LogP contribution is 2.34. The van der Waals surface area contributed by atoms with E-state index in [2.05, 4.69) is 24.0 Å². The molecule has 0 saturated carbocycles. The van der Waals surface area contributed by atoms with Crippen LogP contribution in [0.5, 0.6) is 0 Å². The van der Waals surface area contributed by atoms with E-state index in [1.54, 1.807) is 6.20 Å². The van der Waals surface area contributed by atoms with Gasteiger partial charge < -0.3 is 9.64 Å². The molecule has 0 amide bonds. The molecule has 1 saturated heterocycles. The standard InChI is InChI=1S/C23H27N3O3/c1-3-29-22(28)16-8-6-10-26(14-16)23-24-13-19-20(25-23)11-17(12-21(19)27)18-9-5-4-7-15(18)2/h4-5,7,9,13,16-17H,3,6,8,10-12,14H2,1-2H3/t16-,17+/m0/s1. The zero-order chi connectivity index (χ0) is 20.4. The van der Waals surface area contributed by atoms with Crippen molar-refractivity contribution < 1.29 is 14.3 Å². The zero-order valence-electron chi connectivity index (χ0n) is 17.1. The number of anilines is 1. The molecule has 0 N–H and O–H groups in total. The third-order valence-corrected chi connectivity index (χ3v) is 5.98. The van der Waals surface area contributed by atoms with Crippen LogP contribution >= 0.6 is 0 Å². The predicted octanol–water partition coefficient (Wildman–Crippen LogP) is 3.48. The molecule has 2 aliphatic rings. The molecule has 2 aromatic rings. The van der Waals surface area contributed by atoms with Crippen molar-refractivity contribution in [2.75, 3.05) is 24.6 Å². The Morgan fingerprint density at radius 2 is 2.10 bits per heavy atom. The van der Waals surface area contributed by atoms with E-state index in [0.717, 1.165) is 31.5 Å². The first-order chi connectivity index (χ1) is 14.1. The molecule has 6 heteroatoms. The minimum absolute atomic E-state index is 0.106. The molecule has 0 radical (unpaired) electrons. The van der Waals surface area contributed by atoms with Crippen LogP contribution in [0.15, 0.2) is 30.5 Å². The van der Waals surface area contributed by atoms with E-state index in [1.807, 2.05) is 24.0 Å². The number of aromatic nitrogens is 2. The Balaban J connectivity index is 1.57. The van der Waals surface area contributed by atoms with Crippen molar-refractivity contribution >= 4 is 17.7 Å². The van der Waals surface area contributed by atoms with Gasteiger partial charge in [0.25, 0.3) is 0 Å². The molecule has 152 valence electrons. The average molecular weight is 393 g/mol. The Kier molecular flexibility index (Phi) is 5.60. The zero-order valence-corrected chi connectivity index (χ0v) is 17.1. The quantitative estimate of drug-likeness (QED) is 0.741. The molecule has 0 unspecified atom stereocenters. The van der Waals surface area contributed by atoms with Crippen LogP contribution in [0.1, 0.15) is 59.3 Å². The first-order valence-electron chi connectivity index (χ1n) is 10.4. The van der Waals surface area contributed by atoms with E-state index in [4.69, 9.17) is 9.72 Å². The summed E-state index contributed by atoms with van der Waals surface area (Å²) in [5, 5.41) is 0. The van der Waals surface area contributed by atoms with Gasteiger partial charge in [-0.2, -0.15) is 0 Å². The van der Waals surface area contributed by atoms with Gasteiger partial charge in [-0.3, -0.25) is 9.59 Å². The van der Waals surface area contributed by atoms with Gasteiger partial charge in [-0.05, 0) is 50.2 Å². The molecule has 2 atom stereocenters. The number of rotatable bonds is 4. The van der Waals surface area contributed by atoms with Gasteiger partial charge in [0, 0.05) is 25.7 Å². The fourth-order valence-corrected chi connectivity index (χ4v) is 4.46. The van der Waals surface area contributed by atoms with Crippen LogP contribution in [0.4, 0.5) is 5.95 Å². The van der Waals surface area contributed by atoms with Gasteiger partial charge in [0.15, 0.2) is 5.78 Å². The van der Waals surface area contributed by atoms with Crippen molar-refractivity contribution in [2.24, 2.45) is 5.92 Å². The number of aryl methyl sites for hydroxylation is 1. The minimum Gasteiger partial charge on any atom is -0.466 e. The lowest BCUT2D eigenvalue weighted by molar-refractivity contribution is -0.148. The molecule has 0 bridgehead atoms. The second-order valence-corrected chi connectivity index (χ2v) is 7.95. The summed E-state index contributed by atoms with van der Waals surface area (Å²) >= 11 is 0. The number of hydrogen-bond donors (Lipinski definition) is 0. The molecule has 1 aromatic heterocycles. The molecule has 1 aliphatic carbocycles. The van der Waals surface area contributed by atoms with Crippen LogP contribution in [0, 0.1) is 12.8 Å². The topological polar surface area (TPSA) is 72.4 Å². The van der Waals surface area contributed by atoms with Gasteiger partial charge in [-0.1, -0.05) is 24.3 Å². The van der Waals surface area contributed by atoms with E-state index < -0.39 is 0 Å². The highest BCUT2D eigenvalue weighted by atomic mass is 16.5. The van der Waals surface area contributed by atoms with Crippen molar-refractivity contribution in [3.05, 3.63) is 52.8 Å². The second-order valence-electron chi connectivity index (χ2n) is 7.95. The molecule has 1 aromatic carbocycles. The largest absolute Gasteiger partial charge is 0.466 e. The molecule has 29 heavy (non-hydrogen) atoms. The summed E-state index contributed by atoms with van der Waals surface area (Å²) in [6.45, 7) is 5.68. The van der Waals surface area contributed by atoms with Crippen molar-refractivity contribution in [2.45, 2.75) is 45.4 Å². The lowest BCUT2D eigenvalue weighted by Gasteiger charge is -2.32. The van der Waals surface area contributed by atoms with Crippen molar-refractivity contribution in [3.63, 3.8) is 0 Å². The summed E-state index contributed by atoms with van der Waals surface area (Å²) in [7, 11) is 0. The van der Waals surface area contributed by atoms with Crippen LogP contribution in [0.2, 0.25) is 0 Å². The number of ether oxygens (including phenoxy) is 1. The predicted molar refractivity (Wildman–Crippen MR) is 110 cm³/mol. The van der Waals surface area contributed by atoms with Gasteiger partial charge in [-0.15, -0.1) is 0 Å². The fraction of sp³-hybridized carbons (Fsp3) is 0.478. The highest BCUT2D eigenvalue weighted by Gasteiger charge is 2.31. The maximum Gasteiger partial charge on any atom is 0.310 e. The van der Waals surface area contributed by atoms with Gasteiger partial charge in [0.1, 0.15) is 0 Å². The number of benzene rings is 1. The minimum atomic E-state index is -0.148. The van der Waals surface area contributed by atoms with Crippen molar-refractivity contribution in [1.82, 2.24) is 9.97 Å². The maximum atomic E-state index is 12.7. The molecular weight excluding hydrogens is 366 g/mol. The van der Waals surface area contributed by atoms with Crippen LogP contribution in [-0.2, 0) is 16.0 Å². The normalized spacial score (nSPS) is 21.6. The number of hydrogen-bond acceptors (Lipinski definition) is 6. The van der Waals surface area contributed by atoms with E-state index in [1.165, 1.54) is 11.1 Å². The summed E-state index contributed by atoms with van der Waals surface area (Å²) in [5.41, 5.74) is 3.87. The Morgan fingerprint density at radius 3 is 2.90 bits per heavy atom. The molecule has 4 rings (SSSR count). The van der Waals surface area contributed by atoms with Crippen LogP contribution in [-0.4, -0.2) is 41.4 Å². The number of nitrogens with zero attached hydrogens (tertiary/aromatic N) is 3. The van der Waals surface area contributed by atoms with E-state index >= 15 is 0 Å². The van der Waals surface area contributed by atoms with Crippen LogP contribution in [0.3, 0.4) is 0 Å². The SMILES string of the molecule is CCOC(=O)[C@H]1CCCN(c2ncc3c(n2)C[C@@H](c2ccccc2C)CC3=O)C1. The third kappa shape index (κ3) is 4.02. The number of esters is 1. The number of fused-ring (bicyclic) bond motifs is 1. The number of carbonyl (C=O) groups is 2. The first kappa shape index (κ1) is 19.6. The summed E-state index contributed by atoms with van der Waals surface area (Å²) in [6, 6.07) is 8.24. The second kappa shape index (κ2) is 8.31. The Bertz CT molecular complexity index is 927. The molecule has 0 spiro atoms. The number of piperidine rings is 1. The first-order valence-corrected chi connectivity index (χ1v) is 10.4. The molecule has 1 fully saturated rings. The van der Waals surface area contributed by atoms with Gasteiger partial charge in [-0.25, -0.2) is 9.97 Å². The highest BCUT2D eigenvalue weighted by molar-refractivity contribution is 5.98. The smallest absolute Gasteiger partial charge is 0.310 e. The summed E-state index contributed by atoms with van der Waals surface area (Å²) < 4.78 is 5.19. The Labute approximate surface area is 171 Å². The van der Waals surface area contributed by atoms with Gasteiger partial charge in [0.05, 0.1) is 23.8 Å². The maximum absolute atomic E-state index is 12.7. The lowest BCUT2D eigenvalue weighted by atomic mass is 9.81. The van der Waals surface area contributed by atoms with E-state index in [9.17, 15) is 9.59 Å². The summed E-state index contributed by atoms with van der Waals surface area (Å²) in [6.07, 6.45) is 4.62. The molecule has 2 heterocycles. The lowest BCUT2D eigenvalue weighted by Crippen LogP contribution is -2.40. The molecule has 1 aliphatic heterocycles. The Hall–Kier alpha value is -2.76. The summed E-state index contributed by atoms with van der Waals surface area (Å²) in [4.78, 5) is 36.2. The number of carbonyl (C=O) groups excluding carboxylic acids is 2. The van der Waals surface area contributed by atoms with Gasteiger partial charge in [0.2, 0.25) is 5.95 Å².